The molecule has 0 unspecified atom stereocenters. The Morgan fingerprint density at radius 1 is 1.50 bits per heavy atom. The van der Waals surface area contributed by atoms with Gasteiger partial charge in [-0.25, -0.2) is 9.97 Å². The largest absolute Gasteiger partial charge is 0.353 e. The van der Waals surface area contributed by atoms with E-state index >= 15 is 0 Å². The number of nitrogens with one attached hydrogen (secondary N) is 1. The van der Waals surface area contributed by atoms with Crippen LogP contribution in [-0.2, 0) is 9.59 Å². The quantitative estimate of drug-likeness (QED) is 0.666. The van der Waals surface area contributed by atoms with Crippen molar-refractivity contribution in [3.05, 3.63) is 17.3 Å². The number of fused-ring (bicyclic) bond motifs is 2. The first kappa shape index (κ1) is 15.8. The molecule has 4 heterocycles. The summed E-state index contributed by atoms with van der Waals surface area (Å²) in [6.45, 7) is 3.45. The Hall–Kier alpha value is -1.67. The highest BCUT2D eigenvalue weighted by Crippen LogP contribution is 2.31. The molecule has 0 aliphatic carbocycles. The molecule has 6 nitrogen and oxygen atoms in total. The first-order chi connectivity index (χ1) is 11.6. The summed E-state index contributed by atoms with van der Waals surface area (Å²) >= 11 is 3.11. The third-order valence-corrected chi connectivity index (χ3v) is 6.58. The molecule has 2 fully saturated rings. The van der Waals surface area contributed by atoms with Crippen molar-refractivity contribution in [3.8, 4) is 0 Å². The maximum Gasteiger partial charge on any atom is 0.233 e. The van der Waals surface area contributed by atoms with Gasteiger partial charge in [-0.05, 0) is 19.4 Å². The lowest BCUT2D eigenvalue weighted by atomic mass is 9.93. The Labute approximate surface area is 148 Å². The fourth-order valence-corrected chi connectivity index (χ4v) is 5.24. The number of carbonyl (C=O) groups excluding carboxylic acids is 2. The Balaban J connectivity index is 1.40. The summed E-state index contributed by atoms with van der Waals surface area (Å²) in [5, 5.41) is 4.89. The Bertz CT molecular complexity index is 806. The molecule has 2 aromatic rings. The van der Waals surface area contributed by atoms with E-state index in [9.17, 15) is 9.59 Å². The lowest BCUT2D eigenvalue weighted by molar-refractivity contribution is -0.130. The van der Waals surface area contributed by atoms with Crippen molar-refractivity contribution in [1.29, 1.82) is 0 Å². The predicted molar refractivity (Wildman–Crippen MR) is 94.1 cm³/mol. The lowest BCUT2D eigenvalue weighted by Crippen LogP contribution is -2.47. The minimum absolute atomic E-state index is 0.116. The van der Waals surface area contributed by atoms with Crippen molar-refractivity contribution in [3.63, 3.8) is 0 Å². The molecule has 1 N–H and O–H groups in total. The van der Waals surface area contributed by atoms with Gasteiger partial charge in [0, 0.05) is 41.7 Å². The van der Waals surface area contributed by atoms with Gasteiger partial charge in [0.25, 0.3) is 0 Å². The summed E-state index contributed by atoms with van der Waals surface area (Å²) < 4.78 is 0. The number of rotatable bonds is 3. The molecular formula is C16H18N4O2S2. The van der Waals surface area contributed by atoms with E-state index in [4.69, 9.17) is 0 Å². The van der Waals surface area contributed by atoms with Crippen LogP contribution in [-0.4, -0.2) is 51.6 Å². The number of amides is 2. The molecule has 0 aromatic carbocycles. The van der Waals surface area contributed by atoms with Crippen LogP contribution in [0.1, 0.15) is 17.7 Å². The summed E-state index contributed by atoms with van der Waals surface area (Å²) in [7, 11) is 0. The van der Waals surface area contributed by atoms with Gasteiger partial charge in [-0.3, -0.25) is 9.59 Å². The zero-order valence-electron chi connectivity index (χ0n) is 13.3. The zero-order chi connectivity index (χ0) is 16.7. The monoisotopic (exact) mass is 362 g/mol. The van der Waals surface area contributed by atoms with Crippen LogP contribution in [0.2, 0.25) is 0 Å². The van der Waals surface area contributed by atoms with Crippen LogP contribution < -0.4 is 5.32 Å². The zero-order valence-corrected chi connectivity index (χ0v) is 15.0. The number of hydrogen-bond acceptors (Lipinski definition) is 6. The van der Waals surface area contributed by atoms with Gasteiger partial charge < -0.3 is 10.2 Å². The van der Waals surface area contributed by atoms with Gasteiger partial charge in [0.1, 0.15) is 16.2 Å². The third-order valence-electron chi connectivity index (χ3n) is 4.63. The molecule has 0 spiro atoms. The van der Waals surface area contributed by atoms with Crippen molar-refractivity contribution in [1.82, 2.24) is 20.2 Å². The topological polar surface area (TPSA) is 75.2 Å². The SMILES string of the molecule is Cc1cc2c(SCC(=O)N3CC[C@@H]4NC(=O)C[C@@H]4C3)ncnc2s1. The smallest absolute Gasteiger partial charge is 0.233 e. The van der Waals surface area contributed by atoms with Crippen LogP contribution in [0, 0.1) is 12.8 Å². The van der Waals surface area contributed by atoms with Crippen LogP contribution in [0.15, 0.2) is 17.4 Å². The van der Waals surface area contributed by atoms with Crippen LogP contribution in [0.4, 0.5) is 0 Å². The van der Waals surface area contributed by atoms with Gasteiger partial charge in [0.05, 0.1) is 5.75 Å². The van der Waals surface area contributed by atoms with Crippen molar-refractivity contribution < 1.29 is 9.59 Å². The minimum atomic E-state index is 0.116. The van der Waals surface area contributed by atoms with E-state index < -0.39 is 0 Å². The average Bonchev–Trinajstić information content (AvgIpc) is 3.12. The van der Waals surface area contributed by atoms with Crippen molar-refractivity contribution in [2.75, 3.05) is 18.8 Å². The molecule has 2 aromatic heterocycles. The molecule has 2 saturated heterocycles. The maximum atomic E-state index is 12.5. The van der Waals surface area contributed by atoms with Crippen molar-refractivity contribution in [2.45, 2.75) is 30.8 Å². The number of nitrogens with zero attached hydrogens (tertiary/aromatic N) is 3. The van der Waals surface area contributed by atoms with Crippen LogP contribution >= 0.6 is 23.1 Å². The van der Waals surface area contributed by atoms with E-state index in [-0.39, 0.29) is 23.8 Å². The summed E-state index contributed by atoms with van der Waals surface area (Å²) in [5.41, 5.74) is 0. The van der Waals surface area contributed by atoms with E-state index in [1.54, 1.807) is 17.7 Å². The van der Waals surface area contributed by atoms with Crippen LogP contribution in [0.3, 0.4) is 0 Å². The first-order valence-electron chi connectivity index (χ1n) is 8.01. The fraction of sp³-hybridized carbons (Fsp3) is 0.500. The molecule has 4 rings (SSSR count). The summed E-state index contributed by atoms with van der Waals surface area (Å²) in [6.07, 6.45) is 2.96. The molecule has 0 radical (unpaired) electrons. The lowest BCUT2D eigenvalue weighted by Gasteiger charge is -2.34. The maximum absolute atomic E-state index is 12.5. The summed E-state index contributed by atoms with van der Waals surface area (Å²) in [4.78, 5) is 36.7. The second kappa shape index (κ2) is 6.33. The fourth-order valence-electron chi connectivity index (χ4n) is 3.45. The van der Waals surface area contributed by atoms with Crippen molar-refractivity contribution in [2.24, 2.45) is 5.92 Å². The molecular weight excluding hydrogens is 344 g/mol. The molecule has 2 amide bonds. The van der Waals surface area contributed by atoms with E-state index in [0.29, 0.717) is 18.7 Å². The first-order valence-corrected chi connectivity index (χ1v) is 9.81. The van der Waals surface area contributed by atoms with Crippen LogP contribution in [0.25, 0.3) is 10.2 Å². The third kappa shape index (κ3) is 3.00. The van der Waals surface area contributed by atoms with Gasteiger partial charge in [-0.15, -0.1) is 11.3 Å². The second-order valence-electron chi connectivity index (χ2n) is 6.31. The average molecular weight is 362 g/mol. The van der Waals surface area contributed by atoms with Gasteiger partial charge in [0.15, 0.2) is 0 Å². The number of likely N-dealkylation sites (tertiary alicyclic amines) is 1. The molecule has 24 heavy (non-hydrogen) atoms. The number of thioether (sulfide) groups is 1. The number of aryl methyl sites for hydroxylation is 1. The number of piperidine rings is 1. The van der Waals surface area contributed by atoms with E-state index in [0.717, 1.165) is 28.2 Å². The highest BCUT2D eigenvalue weighted by molar-refractivity contribution is 8.00. The number of carbonyl (C=O) groups is 2. The van der Waals surface area contributed by atoms with Gasteiger partial charge in [0.2, 0.25) is 11.8 Å². The molecule has 126 valence electrons. The van der Waals surface area contributed by atoms with E-state index in [1.165, 1.54) is 16.6 Å². The molecule has 2 aliphatic rings. The Kier molecular flexibility index (Phi) is 4.17. The number of aromatic nitrogens is 2. The molecule has 0 saturated carbocycles. The van der Waals surface area contributed by atoms with Crippen molar-refractivity contribution >= 4 is 45.1 Å². The molecule has 8 heteroatoms. The number of thiophene rings is 1. The second-order valence-corrected chi connectivity index (χ2v) is 8.51. The van der Waals surface area contributed by atoms with Crippen LogP contribution in [0.5, 0.6) is 0 Å². The van der Waals surface area contributed by atoms with Gasteiger partial charge in [-0.2, -0.15) is 0 Å². The van der Waals surface area contributed by atoms with E-state index in [2.05, 4.69) is 21.4 Å². The minimum Gasteiger partial charge on any atom is -0.353 e. The van der Waals surface area contributed by atoms with Gasteiger partial charge in [-0.1, -0.05) is 11.8 Å². The summed E-state index contributed by atoms with van der Waals surface area (Å²) in [6, 6.07) is 2.33. The molecule has 2 aliphatic heterocycles. The van der Waals surface area contributed by atoms with E-state index in [1.807, 2.05) is 11.8 Å². The molecule has 2 atom stereocenters. The highest BCUT2D eigenvalue weighted by Gasteiger charge is 2.38. The normalized spacial score (nSPS) is 23.4. The molecule has 0 bridgehead atoms. The summed E-state index contributed by atoms with van der Waals surface area (Å²) in [5.74, 6) is 0.881. The number of hydrogen-bond donors (Lipinski definition) is 1. The predicted octanol–water partition coefficient (Wildman–Crippen LogP) is 1.83. The standard InChI is InChI=1S/C16H18N4O2S2/c1-9-4-11-15(17-8-18-16(11)24-9)23-7-14(22)20-3-2-12-10(6-20)5-13(21)19-12/h4,8,10,12H,2-3,5-7H2,1H3,(H,19,21)/t10-,12+/m1/s1. The Morgan fingerprint density at radius 2 is 2.38 bits per heavy atom. The Morgan fingerprint density at radius 3 is 3.25 bits per heavy atom. The van der Waals surface area contributed by atoms with Gasteiger partial charge >= 0.3 is 0 Å². The highest BCUT2D eigenvalue weighted by atomic mass is 32.2.